The average molecular weight is 442 g/mol. The molecule has 1 heterocycles. The molecular formula is C24H25F3N4O. The molecule has 1 aliphatic rings. The van der Waals surface area contributed by atoms with E-state index < -0.39 is 11.9 Å². The summed E-state index contributed by atoms with van der Waals surface area (Å²) in [6, 6.07) is 15.0. The number of pyridine rings is 1. The summed E-state index contributed by atoms with van der Waals surface area (Å²) in [4.78, 5) is 16.4. The average Bonchev–Trinajstić information content (AvgIpc) is 2.78. The van der Waals surface area contributed by atoms with E-state index in [1.54, 1.807) is 36.4 Å². The molecular weight excluding hydrogens is 417 g/mol. The molecule has 3 aromatic rings. The zero-order chi connectivity index (χ0) is 22.7. The smallest absolute Gasteiger partial charge is 0.388 e. The van der Waals surface area contributed by atoms with Gasteiger partial charge in [0.15, 0.2) is 0 Å². The molecule has 0 aliphatic heterocycles. The second-order valence-electron chi connectivity index (χ2n) is 8.08. The zero-order valence-electron chi connectivity index (χ0n) is 17.7. The number of carbonyl (C=O) groups excluding carboxylic acids is 1. The van der Waals surface area contributed by atoms with Crippen LogP contribution in [0.15, 0.2) is 54.6 Å². The number of nitrogens with zero attached hydrogens (tertiary/aromatic N) is 1. The van der Waals surface area contributed by atoms with Gasteiger partial charge in [-0.25, -0.2) is 4.98 Å². The number of halogens is 3. The topological polar surface area (TPSA) is 66.1 Å². The van der Waals surface area contributed by atoms with E-state index in [0.29, 0.717) is 28.6 Å². The van der Waals surface area contributed by atoms with Gasteiger partial charge in [0.1, 0.15) is 5.69 Å². The van der Waals surface area contributed by atoms with Crippen LogP contribution in [0.4, 0.5) is 24.5 Å². The summed E-state index contributed by atoms with van der Waals surface area (Å²) in [6.07, 6.45) is -1.36. The van der Waals surface area contributed by atoms with Crippen molar-refractivity contribution >= 4 is 28.2 Å². The maximum Gasteiger partial charge on any atom is 0.433 e. The molecule has 0 radical (unpaired) electrons. The van der Waals surface area contributed by atoms with Crippen LogP contribution in [0.3, 0.4) is 0 Å². The Labute approximate surface area is 184 Å². The van der Waals surface area contributed by atoms with Crippen LogP contribution in [0.25, 0.3) is 10.9 Å². The molecule has 0 bridgehead atoms. The Hall–Kier alpha value is -3.29. The van der Waals surface area contributed by atoms with Gasteiger partial charge in [-0.05, 0) is 62.1 Å². The van der Waals surface area contributed by atoms with Crippen molar-refractivity contribution in [2.75, 3.05) is 17.7 Å². The second-order valence-corrected chi connectivity index (χ2v) is 8.08. The fraction of sp³-hybridized carbons (Fsp3) is 0.333. The highest BCUT2D eigenvalue weighted by Crippen LogP contribution is 2.34. The number of fused-ring (bicyclic) bond motifs is 1. The SMILES string of the molecule is CNc1ccc(C(=O)N[C@@H]2CCC[C@H](Nc3cc(C(F)(F)F)nc4ccccc34)C2)cc1. The van der Waals surface area contributed by atoms with Crippen LogP contribution in [0, 0.1) is 0 Å². The molecule has 1 amide bonds. The van der Waals surface area contributed by atoms with Gasteiger partial charge in [-0.1, -0.05) is 18.2 Å². The lowest BCUT2D eigenvalue weighted by molar-refractivity contribution is -0.140. The van der Waals surface area contributed by atoms with Crippen molar-refractivity contribution in [2.45, 2.75) is 43.9 Å². The van der Waals surface area contributed by atoms with Gasteiger partial charge < -0.3 is 16.0 Å². The number of carbonyl (C=O) groups is 1. The van der Waals surface area contributed by atoms with Gasteiger partial charge in [0.05, 0.1) is 5.52 Å². The lowest BCUT2D eigenvalue weighted by Gasteiger charge is -2.31. The van der Waals surface area contributed by atoms with Crippen LogP contribution < -0.4 is 16.0 Å². The van der Waals surface area contributed by atoms with Crippen LogP contribution in [0.2, 0.25) is 0 Å². The van der Waals surface area contributed by atoms with Crippen molar-refractivity contribution in [2.24, 2.45) is 0 Å². The van der Waals surface area contributed by atoms with E-state index in [1.807, 2.05) is 19.2 Å². The molecule has 0 spiro atoms. The third-order valence-corrected chi connectivity index (χ3v) is 5.81. The van der Waals surface area contributed by atoms with Crippen LogP contribution >= 0.6 is 0 Å². The largest absolute Gasteiger partial charge is 0.433 e. The van der Waals surface area contributed by atoms with Gasteiger partial charge in [0.25, 0.3) is 5.91 Å². The number of amides is 1. The summed E-state index contributed by atoms with van der Waals surface area (Å²) < 4.78 is 40.0. The molecule has 5 nitrogen and oxygen atoms in total. The van der Waals surface area contributed by atoms with Gasteiger partial charge in [-0.3, -0.25) is 4.79 Å². The number of hydrogen-bond donors (Lipinski definition) is 3. The quantitative estimate of drug-likeness (QED) is 0.492. The molecule has 2 aromatic carbocycles. The van der Waals surface area contributed by atoms with Gasteiger partial charge in [-0.15, -0.1) is 0 Å². The molecule has 4 rings (SSSR count). The second kappa shape index (κ2) is 9.06. The van der Waals surface area contributed by atoms with Gasteiger partial charge in [-0.2, -0.15) is 13.2 Å². The number of aromatic nitrogens is 1. The molecule has 1 aromatic heterocycles. The predicted molar refractivity (Wildman–Crippen MR) is 120 cm³/mol. The van der Waals surface area contributed by atoms with E-state index in [2.05, 4.69) is 20.9 Å². The highest BCUT2D eigenvalue weighted by atomic mass is 19.4. The van der Waals surface area contributed by atoms with Gasteiger partial charge >= 0.3 is 6.18 Å². The van der Waals surface area contributed by atoms with Crippen molar-refractivity contribution in [3.63, 3.8) is 0 Å². The van der Waals surface area contributed by atoms with Gasteiger partial charge in [0.2, 0.25) is 0 Å². The Morgan fingerprint density at radius 3 is 2.47 bits per heavy atom. The normalized spacial score (nSPS) is 18.9. The molecule has 2 atom stereocenters. The number of benzene rings is 2. The zero-order valence-corrected chi connectivity index (χ0v) is 17.7. The van der Waals surface area contributed by atoms with Crippen molar-refractivity contribution in [3.8, 4) is 0 Å². The number of nitrogens with one attached hydrogen (secondary N) is 3. The van der Waals surface area contributed by atoms with E-state index in [-0.39, 0.29) is 18.0 Å². The van der Waals surface area contributed by atoms with Gasteiger partial charge in [0, 0.05) is 41.5 Å². The summed E-state index contributed by atoms with van der Waals surface area (Å²) in [5.74, 6) is -0.146. The first-order chi connectivity index (χ1) is 15.3. The third-order valence-electron chi connectivity index (χ3n) is 5.81. The summed E-state index contributed by atoms with van der Waals surface area (Å²) in [5, 5.41) is 10.0. The van der Waals surface area contributed by atoms with E-state index in [4.69, 9.17) is 0 Å². The van der Waals surface area contributed by atoms with E-state index in [0.717, 1.165) is 31.0 Å². The number of anilines is 2. The maximum absolute atomic E-state index is 13.3. The monoisotopic (exact) mass is 442 g/mol. The van der Waals surface area contributed by atoms with Crippen molar-refractivity contribution in [1.29, 1.82) is 0 Å². The maximum atomic E-state index is 13.3. The van der Waals surface area contributed by atoms with Crippen molar-refractivity contribution < 1.29 is 18.0 Å². The lowest BCUT2D eigenvalue weighted by atomic mass is 9.90. The molecule has 0 unspecified atom stereocenters. The number of hydrogen-bond acceptors (Lipinski definition) is 4. The standard InChI is InChI=1S/C24H25F3N4O/c1-28-16-11-9-15(10-12-16)23(32)30-18-6-4-5-17(13-18)29-21-14-22(24(25,26)27)31-20-8-3-2-7-19(20)21/h2-3,7-12,14,17-18,28H,4-6,13H2,1H3,(H,29,31)(H,30,32)/t17-,18+/m0/s1. The minimum Gasteiger partial charge on any atom is -0.388 e. The summed E-state index contributed by atoms with van der Waals surface area (Å²) >= 11 is 0. The van der Waals surface area contributed by atoms with Crippen LogP contribution in [-0.4, -0.2) is 30.0 Å². The molecule has 32 heavy (non-hydrogen) atoms. The Bertz CT molecular complexity index is 1100. The number of alkyl halides is 3. The summed E-state index contributed by atoms with van der Waals surface area (Å²) in [5.41, 5.74) is 1.31. The minimum absolute atomic E-state index is 0.0482. The Balaban J connectivity index is 1.48. The Morgan fingerprint density at radius 2 is 1.75 bits per heavy atom. The molecule has 1 fully saturated rings. The minimum atomic E-state index is -4.52. The molecule has 168 valence electrons. The highest BCUT2D eigenvalue weighted by molar-refractivity contribution is 5.94. The Morgan fingerprint density at radius 1 is 1.03 bits per heavy atom. The fourth-order valence-electron chi connectivity index (χ4n) is 4.17. The molecule has 3 N–H and O–H groups in total. The van der Waals surface area contributed by atoms with E-state index in [1.165, 1.54) is 0 Å². The summed E-state index contributed by atoms with van der Waals surface area (Å²) in [6.45, 7) is 0. The third kappa shape index (κ3) is 4.95. The Kier molecular flexibility index (Phi) is 6.21. The number of para-hydroxylation sites is 1. The molecule has 8 heteroatoms. The predicted octanol–water partition coefficient (Wildman–Crippen LogP) is 5.45. The van der Waals surface area contributed by atoms with Crippen LogP contribution in [0.5, 0.6) is 0 Å². The molecule has 1 saturated carbocycles. The van der Waals surface area contributed by atoms with E-state index in [9.17, 15) is 18.0 Å². The number of rotatable bonds is 5. The first kappa shape index (κ1) is 21.9. The molecule has 1 aliphatic carbocycles. The first-order valence-corrected chi connectivity index (χ1v) is 10.7. The van der Waals surface area contributed by atoms with E-state index >= 15 is 0 Å². The van der Waals surface area contributed by atoms with Crippen LogP contribution in [0.1, 0.15) is 41.7 Å². The van der Waals surface area contributed by atoms with Crippen molar-refractivity contribution in [1.82, 2.24) is 10.3 Å². The highest BCUT2D eigenvalue weighted by Gasteiger charge is 2.34. The summed E-state index contributed by atoms with van der Waals surface area (Å²) in [7, 11) is 1.81. The lowest BCUT2D eigenvalue weighted by Crippen LogP contribution is -2.41. The molecule has 0 saturated heterocycles. The first-order valence-electron chi connectivity index (χ1n) is 10.7. The fourth-order valence-corrected chi connectivity index (χ4v) is 4.17. The van der Waals surface area contributed by atoms with Crippen LogP contribution in [-0.2, 0) is 6.18 Å². The van der Waals surface area contributed by atoms with Crippen molar-refractivity contribution in [3.05, 3.63) is 65.9 Å².